The molecule has 1 heterocycles. The van der Waals surface area contributed by atoms with Gasteiger partial charge in [0.25, 0.3) is 5.91 Å². The number of rotatable bonds is 4. The zero-order valence-electron chi connectivity index (χ0n) is 12.2. The van der Waals surface area contributed by atoms with Crippen LogP contribution in [0.4, 0.5) is 10.1 Å². The first-order valence-corrected chi connectivity index (χ1v) is 7.31. The van der Waals surface area contributed by atoms with Crippen molar-refractivity contribution in [1.29, 1.82) is 0 Å². The van der Waals surface area contributed by atoms with E-state index in [1.165, 1.54) is 18.2 Å². The quantitative estimate of drug-likeness (QED) is 0.724. The van der Waals surface area contributed by atoms with E-state index >= 15 is 0 Å². The van der Waals surface area contributed by atoms with E-state index in [2.05, 4.69) is 5.32 Å². The molecule has 0 aliphatic heterocycles. The fourth-order valence-corrected chi connectivity index (χ4v) is 2.24. The molecule has 1 amide bonds. The second kappa shape index (κ2) is 6.72. The number of fused-ring (bicyclic) bond motifs is 1. The Labute approximate surface area is 141 Å². The van der Waals surface area contributed by atoms with Crippen LogP contribution in [-0.2, 0) is 9.53 Å². The molecule has 1 aromatic heterocycles. The molecule has 0 saturated heterocycles. The van der Waals surface area contributed by atoms with E-state index in [0.717, 1.165) is 11.5 Å². The van der Waals surface area contributed by atoms with Crippen LogP contribution in [0.25, 0.3) is 11.0 Å². The average molecular weight is 348 g/mol. The van der Waals surface area contributed by atoms with Crippen LogP contribution in [0.2, 0.25) is 5.02 Å². The van der Waals surface area contributed by atoms with Crippen LogP contribution in [-0.4, -0.2) is 18.5 Å². The van der Waals surface area contributed by atoms with E-state index in [1.807, 2.05) is 6.07 Å². The van der Waals surface area contributed by atoms with E-state index in [1.54, 1.807) is 18.2 Å². The number of nitrogens with one attached hydrogen (secondary N) is 1. The average Bonchev–Trinajstić information content (AvgIpc) is 3.00. The Balaban J connectivity index is 1.59. The number of hydrogen-bond donors (Lipinski definition) is 1. The van der Waals surface area contributed by atoms with Crippen LogP contribution >= 0.6 is 11.6 Å². The van der Waals surface area contributed by atoms with Gasteiger partial charge in [-0.2, -0.15) is 0 Å². The molecule has 2 aromatic carbocycles. The summed E-state index contributed by atoms with van der Waals surface area (Å²) in [7, 11) is 0. The van der Waals surface area contributed by atoms with Crippen molar-refractivity contribution in [2.45, 2.75) is 0 Å². The molecule has 0 fully saturated rings. The van der Waals surface area contributed by atoms with Crippen molar-refractivity contribution in [3.8, 4) is 0 Å². The van der Waals surface area contributed by atoms with Gasteiger partial charge in [0.15, 0.2) is 6.61 Å². The highest BCUT2D eigenvalue weighted by Crippen LogP contribution is 2.20. The van der Waals surface area contributed by atoms with Crippen molar-refractivity contribution in [2.24, 2.45) is 0 Å². The Bertz CT molecular complexity index is 889. The van der Waals surface area contributed by atoms with Crippen LogP contribution in [0.15, 0.2) is 52.9 Å². The summed E-state index contributed by atoms with van der Waals surface area (Å²) in [5, 5.41) is 3.09. The molecule has 0 aliphatic rings. The van der Waals surface area contributed by atoms with Gasteiger partial charge in [0.05, 0.1) is 5.02 Å². The van der Waals surface area contributed by atoms with Crippen molar-refractivity contribution < 1.29 is 23.1 Å². The minimum Gasteiger partial charge on any atom is -0.450 e. The molecular formula is C17H11ClFNO4. The largest absolute Gasteiger partial charge is 0.450 e. The molecule has 24 heavy (non-hydrogen) atoms. The first kappa shape index (κ1) is 16.0. The van der Waals surface area contributed by atoms with Crippen molar-refractivity contribution >= 4 is 40.1 Å². The smallest absolute Gasteiger partial charge is 0.374 e. The summed E-state index contributed by atoms with van der Waals surface area (Å²) in [4.78, 5) is 23.7. The number of furan rings is 1. The summed E-state index contributed by atoms with van der Waals surface area (Å²) in [6.07, 6.45) is 0. The summed E-state index contributed by atoms with van der Waals surface area (Å²) in [5.41, 5.74) is 0.848. The Morgan fingerprint density at radius 2 is 1.96 bits per heavy atom. The first-order chi connectivity index (χ1) is 11.5. The molecule has 3 rings (SSSR count). The molecule has 0 saturated carbocycles. The van der Waals surface area contributed by atoms with Crippen molar-refractivity contribution in [1.82, 2.24) is 0 Å². The molecule has 7 heteroatoms. The zero-order chi connectivity index (χ0) is 17.1. The summed E-state index contributed by atoms with van der Waals surface area (Å²) in [6.45, 7) is -0.509. The molecule has 3 aromatic rings. The number of para-hydroxylation sites is 1. The number of benzene rings is 2. The lowest BCUT2D eigenvalue weighted by molar-refractivity contribution is -0.119. The predicted octanol–water partition coefficient (Wildman–Crippen LogP) is 4.02. The molecular weight excluding hydrogens is 337 g/mol. The number of amides is 1. The Kier molecular flexibility index (Phi) is 4.48. The number of halogens is 2. The second-order valence-electron chi connectivity index (χ2n) is 4.90. The summed E-state index contributed by atoms with van der Waals surface area (Å²) in [6, 6.07) is 12.4. The number of anilines is 1. The molecule has 0 spiro atoms. The molecule has 0 radical (unpaired) electrons. The van der Waals surface area contributed by atoms with Crippen LogP contribution < -0.4 is 5.32 Å². The third-order valence-electron chi connectivity index (χ3n) is 3.16. The van der Waals surface area contributed by atoms with E-state index in [-0.39, 0.29) is 10.8 Å². The number of ether oxygens (including phenoxy) is 1. The molecule has 5 nitrogen and oxygen atoms in total. The van der Waals surface area contributed by atoms with Crippen molar-refractivity contribution in [3.05, 3.63) is 65.1 Å². The highest BCUT2D eigenvalue weighted by molar-refractivity contribution is 6.31. The molecule has 0 aliphatic carbocycles. The lowest BCUT2D eigenvalue weighted by atomic mass is 10.2. The maximum Gasteiger partial charge on any atom is 0.374 e. The Morgan fingerprint density at radius 3 is 2.71 bits per heavy atom. The maximum absolute atomic E-state index is 13.0. The van der Waals surface area contributed by atoms with Gasteiger partial charge in [-0.15, -0.1) is 0 Å². The third kappa shape index (κ3) is 3.55. The highest BCUT2D eigenvalue weighted by atomic mass is 35.5. The lowest BCUT2D eigenvalue weighted by Gasteiger charge is -2.06. The van der Waals surface area contributed by atoms with Gasteiger partial charge in [-0.1, -0.05) is 29.8 Å². The van der Waals surface area contributed by atoms with Gasteiger partial charge in [0, 0.05) is 11.1 Å². The Morgan fingerprint density at radius 1 is 1.17 bits per heavy atom. The maximum atomic E-state index is 13.0. The van der Waals surface area contributed by atoms with Gasteiger partial charge < -0.3 is 14.5 Å². The van der Waals surface area contributed by atoms with Gasteiger partial charge in [-0.3, -0.25) is 4.79 Å². The zero-order valence-corrected chi connectivity index (χ0v) is 13.0. The number of carbonyl (C=O) groups is 2. The number of esters is 1. The molecule has 1 N–H and O–H groups in total. The molecule has 122 valence electrons. The van der Waals surface area contributed by atoms with E-state index < -0.39 is 24.3 Å². The topological polar surface area (TPSA) is 68.5 Å². The minimum atomic E-state index is -0.751. The fourth-order valence-electron chi connectivity index (χ4n) is 2.06. The van der Waals surface area contributed by atoms with Gasteiger partial charge in [0.2, 0.25) is 5.76 Å². The van der Waals surface area contributed by atoms with Crippen LogP contribution in [0.5, 0.6) is 0 Å². The standard InChI is InChI=1S/C17H11ClFNO4/c18-12-8-11(5-6-13(12)19)20-16(21)9-23-17(22)15-7-10-3-1-2-4-14(10)24-15/h1-8H,9H2,(H,20,21). The van der Waals surface area contributed by atoms with E-state index in [4.69, 9.17) is 20.8 Å². The molecule has 0 bridgehead atoms. The monoisotopic (exact) mass is 347 g/mol. The molecule has 0 atom stereocenters. The SMILES string of the molecule is O=C(COC(=O)c1cc2ccccc2o1)Nc1ccc(F)c(Cl)c1. The summed E-state index contributed by atoms with van der Waals surface area (Å²) >= 11 is 5.62. The Hall–Kier alpha value is -2.86. The van der Waals surface area contributed by atoms with Gasteiger partial charge in [-0.25, -0.2) is 9.18 Å². The minimum absolute atomic E-state index is 0.00817. The fraction of sp³-hybridized carbons (Fsp3) is 0.0588. The summed E-state index contributed by atoms with van der Waals surface area (Å²) < 4.78 is 23.3. The van der Waals surface area contributed by atoms with E-state index in [0.29, 0.717) is 11.3 Å². The summed E-state index contributed by atoms with van der Waals surface area (Å²) in [5.74, 6) is -1.92. The van der Waals surface area contributed by atoms with E-state index in [9.17, 15) is 14.0 Å². The number of carbonyl (C=O) groups excluding carboxylic acids is 2. The predicted molar refractivity (Wildman–Crippen MR) is 86.5 cm³/mol. The highest BCUT2D eigenvalue weighted by Gasteiger charge is 2.15. The van der Waals surface area contributed by atoms with Gasteiger partial charge in [-0.05, 0) is 30.3 Å². The van der Waals surface area contributed by atoms with Crippen LogP contribution in [0.3, 0.4) is 0 Å². The van der Waals surface area contributed by atoms with Crippen molar-refractivity contribution in [3.63, 3.8) is 0 Å². The normalized spacial score (nSPS) is 10.6. The number of hydrogen-bond acceptors (Lipinski definition) is 4. The first-order valence-electron chi connectivity index (χ1n) is 6.93. The third-order valence-corrected chi connectivity index (χ3v) is 3.45. The van der Waals surface area contributed by atoms with Crippen LogP contribution in [0.1, 0.15) is 10.6 Å². The van der Waals surface area contributed by atoms with Gasteiger partial charge >= 0.3 is 5.97 Å². The van der Waals surface area contributed by atoms with Crippen molar-refractivity contribution in [2.75, 3.05) is 11.9 Å². The second-order valence-corrected chi connectivity index (χ2v) is 5.31. The lowest BCUT2D eigenvalue weighted by Crippen LogP contribution is -2.20. The molecule has 0 unspecified atom stereocenters. The van der Waals surface area contributed by atoms with Gasteiger partial charge in [0.1, 0.15) is 11.4 Å². The van der Waals surface area contributed by atoms with Crippen LogP contribution in [0, 0.1) is 5.82 Å².